The minimum absolute atomic E-state index is 0.00734. The summed E-state index contributed by atoms with van der Waals surface area (Å²) >= 11 is 0. The highest BCUT2D eigenvalue weighted by Gasteiger charge is 2.48. The first-order valence-electron chi connectivity index (χ1n) is 7.36. The minimum atomic E-state index is -0.458. The van der Waals surface area contributed by atoms with Gasteiger partial charge in [0.05, 0.1) is 12.1 Å². The molecule has 2 atom stereocenters. The summed E-state index contributed by atoms with van der Waals surface area (Å²) in [5.41, 5.74) is -0.533. The van der Waals surface area contributed by atoms with Gasteiger partial charge in [0.25, 0.3) is 0 Å². The predicted molar refractivity (Wildman–Crippen MR) is 76.2 cm³/mol. The molecule has 0 spiro atoms. The molecule has 0 bridgehead atoms. The maximum absolute atomic E-state index is 12.7. The van der Waals surface area contributed by atoms with E-state index in [-0.39, 0.29) is 22.8 Å². The van der Waals surface area contributed by atoms with E-state index >= 15 is 0 Å². The molecule has 2 rings (SSSR count). The molecule has 1 saturated carbocycles. The third kappa shape index (κ3) is 2.55. The van der Waals surface area contributed by atoms with Crippen LogP contribution in [0.2, 0.25) is 0 Å². The van der Waals surface area contributed by atoms with Gasteiger partial charge >= 0.3 is 0 Å². The van der Waals surface area contributed by atoms with Gasteiger partial charge in [0.1, 0.15) is 12.1 Å². The van der Waals surface area contributed by atoms with Crippen LogP contribution in [0.4, 0.5) is 0 Å². The largest absolute Gasteiger partial charge is 0.376 e. The summed E-state index contributed by atoms with van der Waals surface area (Å²) in [7, 11) is 1.69. The van der Waals surface area contributed by atoms with Crippen molar-refractivity contribution in [2.24, 2.45) is 5.41 Å². The first kappa shape index (κ1) is 15.3. The van der Waals surface area contributed by atoms with Crippen molar-refractivity contribution in [2.45, 2.75) is 64.6 Å². The van der Waals surface area contributed by atoms with Gasteiger partial charge in [-0.05, 0) is 31.6 Å². The van der Waals surface area contributed by atoms with Gasteiger partial charge in [-0.3, -0.25) is 9.59 Å². The zero-order valence-electron chi connectivity index (χ0n) is 13.2. The molecule has 1 heterocycles. The number of hydrogen-bond donors (Lipinski definition) is 1. The van der Waals surface area contributed by atoms with Crippen LogP contribution in [0.15, 0.2) is 0 Å². The van der Waals surface area contributed by atoms with E-state index in [0.29, 0.717) is 6.54 Å². The molecular formula is C15H26N2O3. The van der Waals surface area contributed by atoms with Crippen molar-refractivity contribution in [3.05, 3.63) is 0 Å². The summed E-state index contributed by atoms with van der Waals surface area (Å²) in [5, 5.41) is 2.85. The van der Waals surface area contributed by atoms with E-state index in [1.54, 1.807) is 18.9 Å². The topological polar surface area (TPSA) is 58.6 Å². The third-order valence-corrected chi connectivity index (χ3v) is 4.69. The van der Waals surface area contributed by atoms with Crippen molar-refractivity contribution < 1.29 is 14.3 Å². The molecule has 1 aliphatic carbocycles. The Morgan fingerprint density at radius 3 is 2.35 bits per heavy atom. The summed E-state index contributed by atoms with van der Waals surface area (Å²) in [6.45, 7) is 8.22. The Kier molecular flexibility index (Phi) is 3.84. The zero-order chi connectivity index (χ0) is 15.1. The number of rotatable bonds is 3. The molecule has 20 heavy (non-hydrogen) atoms. The van der Waals surface area contributed by atoms with E-state index in [9.17, 15) is 9.59 Å². The molecule has 5 nitrogen and oxygen atoms in total. The number of carbonyl (C=O) groups excluding carboxylic acids is 2. The van der Waals surface area contributed by atoms with Crippen LogP contribution in [0.25, 0.3) is 0 Å². The number of hydrogen-bond acceptors (Lipinski definition) is 3. The second-order valence-electron chi connectivity index (χ2n) is 7.19. The number of nitrogens with zero attached hydrogens (tertiary/aromatic N) is 1. The van der Waals surface area contributed by atoms with E-state index < -0.39 is 12.1 Å². The lowest BCUT2D eigenvalue weighted by atomic mass is 9.78. The number of carbonyl (C=O) groups is 2. The van der Waals surface area contributed by atoms with E-state index in [2.05, 4.69) is 5.32 Å². The van der Waals surface area contributed by atoms with E-state index in [4.69, 9.17) is 4.74 Å². The van der Waals surface area contributed by atoms with E-state index in [1.807, 2.05) is 20.8 Å². The summed E-state index contributed by atoms with van der Waals surface area (Å²) in [6, 6.07) is -0.881. The molecule has 0 aromatic carbocycles. The summed E-state index contributed by atoms with van der Waals surface area (Å²) in [4.78, 5) is 26.6. The normalized spacial score (nSPS) is 29.9. The fraction of sp³-hybridized carbons (Fsp3) is 0.867. The van der Waals surface area contributed by atoms with E-state index in [1.165, 1.54) is 0 Å². The molecule has 2 fully saturated rings. The Morgan fingerprint density at radius 1 is 1.35 bits per heavy atom. The molecule has 0 radical (unpaired) electrons. The molecule has 2 amide bonds. The maximum atomic E-state index is 12.7. The molecule has 114 valence electrons. The second kappa shape index (κ2) is 5.02. The lowest BCUT2D eigenvalue weighted by molar-refractivity contribution is -0.160. The van der Waals surface area contributed by atoms with Crippen molar-refractivity contribution in [2.75, 3.05) is 13.7 Å². The van der Waals surface area contributed by atoms with Gasteiger partial charge in [-0.25, -0.2) is 0 Å². The highest BCUT2D eigenvalue weighted by Crippen LogP contribution is 2.37. The number of nitrogens with one attached hydrogen (secondary N) is 1. The lowest BCUT2D eigenvalue weighted by Gasteiger charge is -2.48. The van der Waals surface area contributed by atoms with Crippen LogP contribution in [-0.2, 0) is 14.3 Å². The van der Waals surface area contributed by atoms with Crippen molar-refractivity contribution in [3.8, 4) is 0 Å². The van der Waals surface area contributed by atoms with Crippen molar-refractivity contribution >= 4 is 11.8 Å². The number of methoxy groups -OCH3 is 1. The number of amides is 2. The van der Waals surface area contributed by atoms with Crippen molar-refractivity contribution in [3.63, 3.8) is 0 Å². The van der Waals surface area contributed by atoms with Gasteiger partial charge in [-0.1, -0.05) is 20.8 Å². The molecule has 0 aromatic heterocycles. The summed E-state index contributed by atoms with van der Waals surface area (Å²) in [6.07, 6.45) is 3.04. The Morgan fingerprint density at radius 2 is 1.95 bits per heavy atom. The molecule has 2 unspecified atom stereocenters. The van der Waals surface area contributed by atoms with Gasteiger partial charge < -0.3 is 15.0 Å². The smallest absolute Gasteiger partial charge is 0.246 e. The molecule has 5 heteroatoms. The standard InChI is InChI=1S/C15H26N2O3/c1-10-12(18)16-11(14(2,3)4)13(19)17(10)9-15(20-5)7-6-8-15/h10-11H,6-9H2,1-5H3,(H,16,18). The van der Waals surface area contributed by atoms with Gasteiger partial charge in [-0.2, -0.15) is 0 Å². The molecule has 1 aliphatic heterocycles. The number of piperazine rings is 1. The van der Waals surface area contributed by atoms with Crippen LogP contribution in [0, 0.1) is 5.41 Å². The Hall–Kier alpha value is -1.10. The first-order valence-corrected chi connectivity index (χ1v) is 7.36. The Bertz CT molecular complexity index is 404. The Balaban J connectivity index is 2.20. The van der Waals surface area contributed by atoms with Crippen molar-refractivity contribution in [1.29, 1.82) is 0 Å². The van der Waals surface area contributed by atoms with Crippen LogP contribution in [-0.4, -0.2) is 48.1 Å². The van der Waals surface area contributed by atoms with Gasteiger partial charge in [0, 0.05) is 7.11 Å². The second-order valence-corrected chi connectivity index (χ2v) is 7.19. The first-order chi connectivity index (χ1) is 9.20. The van der Waals surface area contributed by atoms with Crippen LogP contribution >= 0.6 is 0 Å². The fourth-order valence-corrected chi connectivity index (χ4v) is 2.93. The minimum Gasteiger partial charge on any atom is -0.376 e. The number of ether oxygens (including phenoxy) is 1. The van der Waals surface area contributed by atoms with Gasteiger partial charge in [-0.15, -0.1) is 0 Å². The molecule has 2 aliphatic rings. The predicted octanol–water partition coefficient (Wildman–Crippen LogP) is 1.32. The van der Waals surface area contributed by atoms with Crippen LogP contribution in [0.5, 0.6) is 0 Å². The highest BCUT2D eigenvalue weighted by molar-refractivity contribution is 5.97. The molecular weight excluding hydrogens is 256 g/mol. The average Bonchev–Trinajstić information content (AvgIpc) is 2.31. The van der Waals surface area contributed by atoms with Crippen LogP contribution in [0.3, 0.4) is 0 Å². The molecule has 1 N–H and O–H groups in total. The van der Waals surface area contributed by atoms with Crippen molar-refractivity contribution in [1.82, 2.24) is 10.2 Å². The van der Waals surface area contributed by atoms with Gasteiger partial charge in [0.2, 0.25) is 11.8 Å². The zero-order valence-corrected chi connectivity index (χ0v) is 13.2. The fourth-order valence-electron chi connectivity index (χ4n) is 2.93. The molecule has 0 aromatic rings. The molecule has 1 saturated heterocycles. The van der Waals surface area contributed by atoms with Crippen LogP contribution in [0.1, 0.15) is 47.0 Å². The monoisotopic (exact) mass is 282 g/mol. The summed E-state index contributed by atoms with van der Waals surface area (Å²) < 4.78 is 5.60. The lowest BCUT2D eigenvalue weighted by Crippen LogP contribution is -2.68. The van der Waals surface area contributed by atoms with E-state index in [0.717, 1.165) is 19.3 Å². The highest BCUT2D eigenvalue weighted by atomic mass is 16.5. The SMILES string of the molecule is COC1(CN2C(=O)C(C(C)(C)C)NC(=O)C2C)CCC1. The quantitative estimate of drug-likeness (QED) is 0.849. The summed E-state index contributed by atoms with van der Waals surface area (Å²) in [5.74, 6) is -0.0666. The average molecular weight is 282 g/mol. The third-order valence-electron chi connectivity index (χ3n) is 4.69. The van der Waals surface area contributed by atoms with Crippen LogP contribution < -0.4 is 5.32 Å². The van der Waals surface area contributed by atoms with Gasteiger partial charge in [0.15, 0.2) is 0 Å². The maximum Gasteiger partial charge on any atom is 0.246 e. The Labute approximate surface area is 121 Å².